The fourth-order valence-corrected chi connectivity index (χ4v) is 5.09. The predicted octanol–water partition coefficient (Wildman–Crippen LogP) is 2.26. The highest BCUT2D eigenvalue weighted by Gasteiger charge is 2.40. The minimum absolute atomic E-state index is 0. The smallest absolute Gasteiger partial charge is 0.260 e. The molecule has 1 aliphatic carbocycles. The Morgan fingerprint density at radius 2 is 1.81 bits per heavy atom. The van der Waals surface area contributed by atoms with Crippen LogP contribution in [0.15, 0.2) is 47.0 Å². The lowest BCUT2D eigenvalue weighted by atomic mass is 10.00. The molecule has 1 atom stereocenters. The molecule has 0 fully saturated rings. The molecule has 1 N–H and O–H groups in total. The number of unbranched alkanes of at least 4 members (excludes halogenated alkanes) is 1. The van der Waals surface area contributed by atoms with Crippen molar-refractivity contribution in [2.75, 3.05) is 19.6 Å². The molecule has 3 rings (SSSR count). The Morgan fingerprint density at radius 3 is 2.48 bits per heavy atom. The normalized spacial score (nSPS) is 18.9. The molecular weight excluding hydrogens is 448 g/mol. The zero-order valence-corrected chi connectivity index (χ0v) is 18.4. The Kier molecular flexibility index (Phi) is 8.69. The van der Waals surface area contributed by atoms with Crippen molar-refractivity contribution >= 4 is 22.4 Å². The number of allylic oxidation sites excluding steroid dienone is 2. The number of nitrogens with zero attached hydrogens (tertiary/aromatic N) is 3. The van der Waals surface area contributed by atoms with E-state index in [4.69, 9.17) is 0 Å². The quantitative estimate of drug-likeness (QED) is 0.330. The molecule has 1 unspecified atom stereocenters. The molecule has 0 bridgehead atoms. The summed E-state index contributed by atoms with van der Waals surface area (Å²) in [6, 6.07) is 6.68. The van der Waals surface area contributed by atoms with E-state index in [9.17, 15) is 28.6 Å². The third kappa shape index (κ3) is 6.33. The summed E-state index contributed by atoms with van der Waals surface area (Å²) in [4.78, 5) is 22.4. The minimum atomic E-state index is -4.08. The van der Waals surface area contributed by atoms with E-state index >= 15 is 0 Å². The SMILES string of the molecule is Cl.O=[N+]([O-])C1=CC=C(S(=O)(=O)NCCCCN2CCc3ccccc3C2)C([N+](=O)[O-])C1. The summed E-state index contributed by atoms with van der Waals surface area (Å²) in [6.07, 6.45) is 3.80. The van der Waals surface area contributed by atoms with Crippen LogP contribution in [-0.2, 0) is 23.0 Å². The molecule has 1 heterocycles. The van der Waals surface area contributed by atoms with Crippen molar-refractivity contribution in [1.82, 2.24) is 9.62 Å². The first-order valence-corrected chi connectivity index (χ1v) is 11.2. The van der Waals surface area contributed by atoms with Crippen molar-refractivity contribution in [2.45, 2.75) is 38.3 Å². The van der Waals surface area contributed by atoms with Crippen LogP contribution in [0.2, 0.25) is 0 Å². The first kappa shape index (κ1) is 24.9. The lowest BCUT2D eigenvalue weighted by Gasteiger charge is -2.28. The van der Waals surface area contributed by atoms with Gasteiger partial charge in [-0.15, -0.1) is 12.4 Å². The van der Waals surface area contributed by atoms with Crippen molar-refractivity contribution in [3.8, 4) is 0 Å². The molecule has 1 aromatic rings. The van der Waals surface area contributed by atoms with E-state index in [-0.39, 0.29) is 24.6 Å². The summed E-state index contributed by atoms with van der Waals surface area (Å²) in [5.41, 5.74) is 2.32. The van der Waals surface area contributed by atoms with Gasteiger partial charge in [-0.1, -0.05) is 24.3 Å². The Hall–Kier alpha value is -2.34. The minimum Gasteiger partial charge on any atom is -0.299 e. The van der Waals surface area contributed by atoms with Crippen LogP contribution in [0, 0.1) is 20.2 Å². The van der Waals surface area contributed by atoms with Crippen LogP contribution in [0.5, 0.6) is 0 Å². The van der Waals surface area contributed by atoms with Crippen LogP contribution in [0.4, 0.5) is 0 Å². The maximum absolute atomic E-state index is 12.5. The van der Waals surface area contributed by atoms with Gasteiger partial charge < -0.3 is 0 Å². The van der Waals surface area contributed by atoms with Crippen molar-refractivity contribution in [2.24, 2.45) is 0 Å². The van der Waals surface area contributed by atoms with Crippen molar-refractivity contribution in [3.63, 3.8) is 0 Å². The fraction of sp³-hybridized carbons (Fsp3) is 0.474. The van der Waals surface area contributed by atoms with Crippen molar-refractivity contribution in [3.05, 3.63) is 78.4 Å². The van der Waals surface area contributed by atoms with E-state index in [1.54, 1.807) is 0 Å². The van der Waals surface area contributed by atoms with Gasteiger partial charge in [-0.05, 0) is 43.0 Å². The Labute approximate surface area is 186 Å². The van der Waals surface area contributed by atoms with Crippen LogP contribution < -0.4 is 4.72 Å². The standard InChI is InChI=1S/C19H24N4O6S.ClH/c24-22(25)17-7-8-19(18(13-17)23(26)27)30(28,29)20-10-3-4-11-21-12-9-15-5-1-2-6-16(15)14-21;/h1-2,5-8,18,20H,3-4,9-14H2;1H. The summed E-state index contributed by atoms with van der Waals surface area (Å²) in [6.45, 7) is 2.83. The summed E-state index contributed by atoms with van der Waals surface area (Å²) >= 11 is 0. The molecule has 0 spiro atoms. The van der Waals surface area contributed by atoms with Crippen LogP contribution in [-0.4, -0.2) is 48.8 Å². The zero-order chi connectivity index (χ0) is 21.7. The third-order valence-electron chi connectivity index (χ3n) is 5.37. The molecule has 0 aromatic heterocycles. The Morgan fingerprint density at radius 1 is 1.10 bits per heavy atom. The average Bonchev–Trinajstić information content (AvgIpc) is 2.72. The number of fused-ring (bicyclic) bond motifs is 1. The summed E-state index contributed by atoms with van der Waals surface area (Å²) < 4.78 is 27.4. The fourth-order valence-electron chi connectivity index (χ4n) is 3.73. The number of rotatable bonds is 9. The molecule has 0 radical (unpaired) electrons. The van der Waals surface area contributed by atoms with Gasteiger partial charge in [-0.2, -0.15) is 0 Å². The molecule has 10 nitrogen and oxygen atoms in total. The molecular formula is C19H25ClN4O6S. The zero-order valence-electron chi connectivity index (χ0n) is 16.8. The summed E-state index contributed by atoms with van der Waals surface area (Å²) in [7, 11) is -4.08. The number of hydrogen-bond donors (Lipinski definition) is 1. The molecule has 2 aliphatic rings. The molecule has 0 amide bonds. The van der Waals surface area contributed by atoms with Gasteiger partial charge in [0.25, 0.3) is 11.7 Å². The van der Waals surface area contributed by atoms with Gasteiger partial charge in [0.2, 0.25) is 10.0 Å². The average molecular weight is 473 g/mol. The monoisotopic (exact) mass is 472 g/mol. The van der Waals surface area contributed by atoms with Gasteiger partial charge in [-0.3, -0.25) is 25.1 Å². The second kappa shape index (κ2) is 10.8. The van der Waals surface area contributed by atoms with E-state index in [1.807, 2.05) is 12.1 Å². The second-order valence-electron chi connectivity index (χ2n) is 7.39. The number of benzene rings is 1. The molecule has 31 heavy (non-hydrogen) atoms. The van der Waals surface area contributed by atoms with Gasteiger partial charge in [-0.25, -0.2) is 13.1 Å². The molecule has 12 heteroatoms. The topological polar surface area (TPSA) is 136 Å². The second-order valence-corrected chi connectivity index (χ2v) is 9.16. The van der Waals surface area contributed by atoms with Crippen molar-refractivity contribution in [1.29, 1.82) is 0 Å². The predicted molar refractivity (Wildman–Crippen MR) is 117 cm³/mol. The number of hydrogen-bond acceptors (Lipinski definition) is 7. The highest BCUT2D eigenvalue weighted by molar-refractivity contribution is 7.93. The maximum atomic E-state index is 12.5. The number of halogens is 1. The maximum Gasteiger partial charge on any atom is 0.260 e. The number of nitrogens with one attached hydrogen (secondary N) is 1. The first-order chi connectivity index (χ1) is 14.3. The van der Waals surface area contributed by atoms with Crippen LogP contribution >= 0.6 is 12.4 Å². The molecule has 1 aromatic carbocycles. The van der Waals surface area contributed by atoms with E-state index in [1.165, 1.54) is 11.1 Å². The van der Waals surface area contributed by atoms with E-state index < -0.39 is 37.2 Å². The Bertz CT molecular complexity index is 995. The van der Waals surface area contributed by atoms with Gasteiger partial charge in [0, 0.05) is 30.6 Å². The molecule has 170 valence electrons. The van der Waals surface area contributed by atoms with E-state index in [0.717, 1.165) is 44.6 Å². The van der Waals surface area contributed by atoms with Crippen molar-refractivity contribution < 1.29 is 18.3 Å². The molecule has 1 aliphatic heterocycles. The highest BCUT2D eigenvalue weighted by atomic mass is 35.5. The lowest BCUT2D eigenvalue weighted by molar-refractivity contribution is -0.519. The van der Waals surface area contributed by atoms with Gasteiger partial charge >= 0.3 is 0 Å². The van der Waals surface area contributed by atoms with Gasteiger partial charge in [0.05, 0.1) is 4.92 Å². The van der Waals surface area contributed by atoms with Gasteiger partial charge in [0.1, 0.15) is 11.3 Å². The van der Waals surface area contributed by atoms with Crippen LogP contribution in [0.25, 0.3) is 0 Å². The Balaban J connectivity index is 0.00000341. The summed E-state index contributed by atoms with van der Waals surface area (Å²) in [5.74, 6) is 0. The summed E-state index contributed by atoms with van der Waals surface area (Å²) in [5, 5.41) is 22.1. The number of sulfonamides is 1. The van der Waals surface area contributed by atoms with E-state index in [0.29, 0.717) is 6.42 Å². The molecule has 0 saturated heterocycles. The lowest BCUT2D eigenvalue weighted by Crippen LogP contribution is -2.36. The largest absolute Gasteiger partial charge is 0.299 e. The van der Waals surface area contributed by atoms with Gasteiger partial charge in [0.15, 0.2) is 0 Å². The van der Waals surface area contributed by atoms with Crippen LogP contribution in [0.1, 0.15) is 30.4 Å². The highest BCUT2D eigenvalue weighted by Crippen LogP contribution is 2.25. The first-order valence-electron chi connectivity index (χ1n) is 9.75. The number of nitro groups is 2. The van der Waals surface area contributed by atoms with Crippen LogP contribution in [0.3, 0.4) is 0 Å². The third-order valence-corrected chi connectivity index (χ3v) is 6.99. The van der Waals surface area contributed by atoms with E-state index in [2.05, 4.69) is 21.8 Å². The molecule has 0 saturated carbocycles.